The van der Waals surface area contributed by atoms with E-state index < -0.39 is 0 Å². The molecule has 0 radical (unpaired) electrons. The summed E-state index contributed by atoms with van der Waals surface area (Å²) in [6, 6.07) is 19.1. The van der Waals surface area contributed by atoms with Crippen LogP contribution < -0.4 is 14.8 Å². The van der Waals surface area contributed by atoms with Gasteiger partial charge in [-0.15, -0.1) is 0 Å². The van der Waals surface area contributed by atoms with Gasteiger partial charge >= 0.3 is 0 Å². The van der Waals surface area contributed by atoms with Crippen molar-refractivity contribution in [1.29, 1.82) is 0 Å². The Labute approximate surface area is 180 Å². The number of aryl methyl sites for hydroxylation is 2. The van der Waals surface area contributed by atoms with Gasteiger partial charge in [-0.1, -0.05) is 24.3 Å². The van der Waals surface area contributed by atoms with Crippen molar-refractivity contribution in [2.75, 3.05) is 19.5 Å². The van der Waals surface area contributed by atoms with Crippen molar-refractivity contribution in [1.82, 2.24) is 4.98 Å². The van der Waals surface area contributed by atoms with Gasteiger partial charge in [0.25, 0.3) is 0 Å². The monoisotopic (exact) mass is 416 g/mol. The molecule has 0 unspecified atom stereocenters. The summed E-state index contributed by atoms with van der Waals surface area (Å²) in [4.78, 5) is 17.0. The molecule has 0 bridgehead atoms. The molecule has 6 nitrogen and oxygen atoms in total. The number of nitrogens with one attached hydrogen (secondary N) is 1. The Balaban J connectivity index is 1.43. The number of hydrogen-bond donors (Lipinski definition) is 1. The lowest BCUT2D eigenvalue weighted by Gasteiger charge is -2.09. The van der Waals surface area contributed by atoms with Crippen LogP contribution in [0.15, 0.2) is 65.1 Å². The Morgan fingerprint density at radius 2 is 1.81 bits per heavy atom. The lowest BCUT2D eigenvalue weighted by Crippen LogP contribution is -2.12. The zero-order valence-electron chi connectivity index (χ0n) is 17.8. The van der Waals surface area contributed by atoms with Crippen molar-refractivity contribution in [3.63, 3.8) is 0 Å². The predicted molar refractivity (Wildman–Crippen MR) is 121 cm³/mol. The first kappa shape index (κ1) is 20.5. The van der Waals surface area contributed by atoms with E-state index in [2.05, 4.69) is 10.3 Å². The largest absolute Gasteiger partial charge is 0.493 e. The Bertz CT molecular complexity index is 1230. The Kier molecular flexibility index (Phi) is 5.89. The van der Waals surface area contributed by atoms with Crippen LogP contribution >= 0.6 is 0 Å². The predicted octanol–water partition coefficient (Wildman–Crippen LogP) is 5.39. The van der Waals surface area contributed by atoms with Crippen LogP contribution in [0.2, 0.25) is 0 Å². The summed E-state index contributed by atoms with van der Waals surface area (Å²) in [5, 5.41) is 2.93. The second-order valence-corrected chi connectivity index (χ2v) is 7.25. The van der Waals surface area contributed by atoms with E-state index in [-0.39, 0.29) is 5.91 Å². The summed E-state index contributed by atoms with van der Waals surface area (Å²) < 4.78 is 16.5. The quantitative estimate of drug-likeness (QED) is 0.437. The molecule has 0 saturated heterocycles. The SMILES string of the molecule is COc1ccc(CCC(=O)Nc2ccc3nc(-c4ccccc4C)oc3c2)cc1OC. The molecule has 0 fully saturated rings. The number of nitrogens with zero attached hydrogens (tertiary/aromatic N) is 1. The number of methoxy groups -OCH3 is 2. The first-order valence-electron chi connectivity index (χ1n) is 10.0. The number of anilines is 1. The molecule has 1 aromatic heterocycles. The number of fused-ring (bicyclic) bond motifs is 1. The number of benzene rings is 3. The lowest BCUT2D eigenvalue weighted by molar-refractivity contribution is -0.116. The molecule has 6 heteroatoms. The minimum absolute atomic E-state index is 0.0761. The summed E-state index contributed by atoms with van der Waals surface area (Å²) >= 11 is 0. The van der Waals surface area contributed by atoms with Crippen molar-refractivity contribution in [3.8, 4) is 23.0 Å². The van der Waals surface area contributed by atoms with Crippen LogP contribution in [0.3, 0.4) is 0 Å². The number of oxazole rings is 1. The number of hydrogen-bond acceptors (Lipinski definition) is 5. The van der Waals surface area contributed by atoms with Crippen LogP contribution in [-0.4, -0.2) is 25.1 Å². The number of amides is 1. The van der Waals surface area contributed by atoms with Crippen molar-refractivity contribution >= 4 is 22.7 Å². The van der Waals surface area contributed by atoms with Crippen LogP contribution in [0.4, 0.5) is 5.69 Å². The minimum Gasteiger partial charge on any atom is -0.493 e. The van der Waals surface area contributed by atoms with Gasteiger partial charge in [-0.2, -0.15) is 0 Å². The number of aromatic nitrogens is 1. The van der Waals surface area contributed by atoms with Gasteiger partial charge < -0.3 is 19.2 Å². The molecule has 0 saturated carbocycles. The first-order chi connectivity index (χ1) is 15.1. The summed E-state index contributed by atoms with van der Waals surface area (Å²) in [5.74, 6) is 1.82. The molecule has 31 heavy (non-hydrogen) atoms. The van der Waals surface area contributed by atoms with E-state index >= 15 is 0 Å². The molecule has 0 spiro atoms. The molecule has 4 rings (SSSR count). The minimum atomic E-state index is -0.0761. The van der Waals surface area contributed by atoms with Gasteiger partial charge in [0.15, 0.2) is 17.1 Å². The molecule has 0 aliphatic carbocycles. The average Bonchev–Trinajstić information content (AvgIpc) is 3.21. The molecule has 4 aromatic rings. The third-order valence-electron chi connectivity index (χ3n) is 5.14. The van der Waals surface area contributed by atoms with Crippen LogP contribution in [0.5, 0.6) is 11.5 Å². The summed E-state index contributed by atoms with van der Waals surface area (Å²) in [6.07, 6.45) is 0.937. The van der Waals surface area contributed by atoms with Crippen LogP contribution in [-0.2, 0) is 11.2 Å². The average molecular weight is 416 g/mol. The summed E-state index contributed by atoms with van der Waals surface area (Å²) in [5.41, 5.74) is 5.12. The normalized spacial score (nSPS) is 10.8. The lowest BCUT2D eigenvalue weighted by atomic mass is 10.1. The highest BCUT2D eigenvalue weighted by atomic mass is 16.5. The highest BCUT2D eigenvalue weighted by Gasteiger charge is 2.12. The highest BCUT2D eigenvalue weighted by Crippen LogP contribution is 2.29. The fraction of sp³-hybridized carbons (Fsp3) is 0.200. The Hall–Kier alpha value is -3.80. The fourth-order valence-electron chi connectivity index (χ4n) is 3.45. The Morgan fingerprint density at radius 3 is 2.58 bits per heavy atom. The molecule has 1 heterocycles. The van der Waals surface area contributed by atoms with Gasteiger partial charge in [-0.05, 0) is 54.8 Å². The van der Waals surface area contributed by atoms with Crippen LogP contribution in [0.25, 0.3) is 22.6 Å². The van der Waals surface area contributed by atoms with Crippen molar-refractivity contribution in [2.45, 2.75) is 19.8 Å². The highest BCUT2D eigenvalue weighted by molar-refractivity contribution is 5.93. The number of carbonyl (C=O) groups is 1. The third-order valence-corrected chi connectivity index (χ3v) is 5.14. The molecule has 3 aromatic carbocycles. The van der Waals surface area contributed by atoms with Gasteiger partial charge in [-0.25, -0.2) is 4.98 Å². The van der Waals surface area contributed by atoms with Gasteiger partial charge in [0, 0.05) is 23.7 Å². The van der Waals surface area contributed by atoms with Crippen molar-refractivity contribution in [3.05, 3.63) is 71.8 Å². The van der Waals surface area contributed by atoms with E-state index in [1.54, 1.807) is 20.3 Å². The van der Waals surface area contributed by atoms with Gasteiger partial charge in [0.1, 0.15) is 5.52 Å². The second kappa shape index (κ2) is 8.92. The second-order valence-electron chi connectivity index (χ2n) is 7.25. The van der Waals surface area contributed by atoms with Crippen molar-refractivity contribution in [2.24, 2.45) is 0 Å². The molecule has 0 aliphatic rings. The van der Waals surface area contributed by atoms with E-state index in [1.807, 2.05) is 61.5 Å². The molecule has 1 amide bonds. The molecule has 1 N–H and O–H groups in total. The van der Waals surface area contributed by atoms with E-state index in [0.717, 1.165) is 22.2 Å². The third kappa shape index (κ3) is 4.53. The summed E-state index contributed by atoms with van der Waals surface area (Å²) in [6.45, 7) is 2.02. The fourth-order valence-corrected chi connectivity index (χ4v) is 3.45. The van der Waals surface area contributed by atoms with E-state index in [4.69, 9.17) is 13.9 Å². The molecular formula is C25H24N2O4. The van der Waals surface area contributed by atoms with Gasteiger partial charge in [0.05, 0.1) is 14.2 Å². The van der Waals surface area contributed by atoms with E-state index in [1.165, 1.54) is 0 Å². The van der Waals surface area contributed by atoms with Crippen LogP contribution in [0, 0.1) is 6.92 Å². The van der Waals surface area contributed by atoms with Crippen molar-refractivity contribution < 1.29 is 18.7 Å². The van der Waals surface area contributed by atoms with E-state index in [0.29, 0.717) is 41.5 Å². The first-order valence-corrected chi connectivity index (χ1v) is 10.0. The van der Waals surface area contributed by atoms with E-state index in [9.17, 15) is 4.79 Å². The molecule has 0 atom stereocenters. The maximum absolute atomic E-state index is 12.5. The van der Waals surface area contributed by atoms with Crippen LogP contribution in [0.1, 0.15) is 17.5 Å². The van der Waals surface area contributed by atoms with Gasteiger partial charge in [-0.3, -0.25) is 4.79 Å². The zero-order chi connectivity index (χ0) is 21.8. The number of rotatable bonds is 7. The molecule has 158 valence electrons. The summed E-state index contributed by atoms with van der Waals surface area (Å²) in [7, 11) is 3.19. The van der Waals surface area contributed by atoms with Gasteiger partial charge in [0.2, 0.25) is 11.8 Å². The zero-order valence-corrected chi connectivity index (χ0v) is 17.8. The Morgan fingerprint density at radius 1 is 1.00 bits per heavy atom. The number of ether oxygens (including phenoxy) is 2. The standard InChI is InChI=1S/C25H24N2O4/c1-16-6-4-5-7-19(16)25-27-20-11-10-18(15-22(20)31-25)26-24(28)13-9-17-8-12-21(29-2)23(14-17)30-3/h4-8,10-12,14-15H,9,13H2,1-3H3,(H,26,28). The number of carbonyl (C=O) groups excluding carboxylic acids is 1. The smallest absolute Gasteiger partial charge is 0.227 e. The maximum Gasteiger partial charge on any atom is 0.227 e. The topological polar surface area (TPSA) is 73.6 Å². The maximum atomic E-state index is 12.5. The molecule has 0 aliphatic heterocycles. The molecular weight excluding hydrogens is 392 g/mol.